The Kier molecular flexibility index (Phi) is 1.60. The Balaban J connectivity index is 2.39. The Morgan fingerprint density at radius 1 is 1.67 bits per heavy atom. The maximum atomic E-state index is 10.5. The van der Waals surface area contributed by atoms with Crippen LogP contribution in [0.1, 0.15) is 13.8 Å². The summed E-state index contributed by atoms with van der Waals surface area (Å²) in [5.74, 6) is 0.531. The first kappa shape index (κ1) is 6.39. The number of hydrogen-bond acceptors (Lipinski definition) is 1. The smallest absolute Gasteiger partial charge is 0.315 e. The summed E-state index contributed by atoms with van der Waals surface area (Å²) in [4.78, 5) is 10.5. The minimum absolute atomic E-state index is 0.0336. The normalized spacial score (nSPS) is 26.1. The maximum Gasteiger partial charge on any atom is 0.315 e. The standard InChI is InChI=1S/C6H12N2O/c1-4(2)5-3-7-6(9)8-5/h4-5H,3H2,1-2H3,(H2,7,8,9). The van der Waals surface area contributed by atoms with Gasteiger partial charge in [-0.25, -0.2) is 4.79 Å². The van der Waals surface area contributed by atoms with Crippen LogP contribution in [0.15, 0.2) is 0 Å². The highest BCUT2D eigenvalue weighted by Crippen LogP contribution is 2.02. The molecule has 0 saturated carbocycles. The maximum absolute atomic E-state index is 10.5. The third-order valence-corrected chi connectivity index (χ3v) is 1.60. The number of carbonyl (C=O) groups is 1. The zero-order valence-electron chi connectivity index (χ0n) is 5.77. The van der Waals surface area contributed by atoms with E-state index >= 15 is 0 Å². The first-order valence-electron chi connectivity index (χ1n) is 3.24. The molecule has 1 rings (SSSR count). The van der Waals surface area contributed by atoms with E-state index in [4.69, 9.17) is 0 Å². The molecule has 0 bridgehead atoms. The molecule has 1 atom stereocenters. The van der Waals surface area contributed by atoms with Crippen LogP contribution in [0, 0.1) is 5.92 Å². The van der Waals surface area contributed by atoms with Gasteiger partial charge in [0.05, 0.1) is 6.04 Å². The minimum atomic E-state index is -0.0336. The lowest BCUT2D eigenvalue weighted by atomic mass is 10.1. The SMILES string of the molecule is CC(C)C1CNC(=O)N1. The Morgan fingerprint density at radius 2 is 2.33 bits per heavy atom. The molecule has 0 aromatic carbocycles. The van der Waals surface area contributed by atoms with E-state index in [1.165, 1.54) is 0 Å². The molecular weight excluding hydrogens is 116 g/mol. The predicted molar refractivity (Wildman–Crippen MR) is 35.2 cm³/mol. The average Bonchev–Trinajstić information content (AvgIpc) is 2.14. The van der Waals surface area contributed by atoms with Gasteiger partial charge in [0.15, 0.2) is 0 Å². The van der Waals surface area contributed by atoms with Crippen LogP contribution in [0.3, 0.4) is 0 Å². The van der Waals surface area contributed by atoms with E-state index in [0.29, 0.717) is 12.0 Å². The molecule has 9 heavy (non-hydrogen) atoms. The van der Waals surface area contributed by atoms with Crippen molar-refractivity contribution in [3.63, 3.8) is 0 Å². The highest BCUT2D eigenvalue weighted by Gasteiger charge is 2.21. The summed E-state index contributed by atoms with van der Waals surface area (Å²) in [5, 5.41) is 5.50. The molecule has 2 N–H and O–H groups in total. The molecular formula is C6H12N2O. The van der Waals surface area contributed by atoms with E-state index in [-0.39, 0.29) is 6.03 Å². The third-order valence-electron chi connectivity index (χ3n) is 1.60. The summed E-state index contributed by atoms with van der Waals surface area (Å²) in [6.07, 6.45) is 0. The topological polar surface area (TPSA) is 41.1 Å². The van der Waals surface area contributed by atoms with Crippen molar-refractivity contribution in [1.82, 2.24) is 10.6 Å². The molecule has 3 heteroatoms. The van der Waals surface area contributed by atoms with E-state index < -0.39 is 0 Å². The van der Waals surface area contributed by atoms with Gasteiger partial charge in [-0.1, -0.05) is 13.8 Å². The first-order chi connectivity index (χ1) is 4.20. The van der Waals surface area contributed by atoms with E-state index in [2.05, 4.69) is 24.5 Å². The largest absolute Gasteiger partial charge is 0.336 e. The van der Waals surface area contributed by atoms with Crippen molar-refractivity contribution < 1.29 is 4.79 Å². The van der Waals surface area contributed by atoms with Gasteiger partial charge in [-0.05, 0) is 5.92 Å². The molecule has 0 spiro atoms. The monoisotopic (exact) mass is 128 g/mol. The zero-order valence-corrected chi connectivity index (χ0v) is 5.77. The van der Waals surface area contributed by atoms with E-state index in [9.17, 15) is 4.79 Å². The average molecular weight is 128 g/mol. The quantitative estimate of drug-likeness (QED) is 0.524. The van der Waals surface area contributed by atoms with Gasteiger partial charge in [-0.15, -0.1) is 0 Å². The number of amides is 2. The van der Waals surface area contributed by atoms with Gasteiger partial charge in [-0.3, -0.25) is 0 Å². The summed E-state index contributed by atoms with van der Waals surface area (Å²) >= 11 is 0. The molecule has 0 aliphatic carbocycles. The summed E-state index contributed by atoms with van der Waals surface area (Å²) in [6, 6.07) is 0.297. The molecule has 2 amide bonds. The molecule has 1 fully saturated rings. The number of nitrogens with one attached hydrogen (secondary N) is 2. The van der Waals surface area contributed by atoms with Crippen molar-refractivity contribution in [2.75, 3.05) is 6.54 Å². The van der Waals surface area contributed by atoms with Gasteiger partial charge >= 0.3 is 6.03 Å². The molecule has 1 heterocycles. The highest BCUT2D eigenvalue weighted by atomic mass is 16.2. The van der Waals surface area contributed by atoms with Crippen LogP contribution in [0.25, 0.3) is 0 Å². The second kappa shape index (κ2) is 2.25. The Labute approximate surface area is 54.8 Å². The lowest BCUT2D eigenvalue weighted by Crippen LogP contribution is -2.30. The van der Waals surface area contributed by atoms with Gasteiger partial charge in [-0.2, -0.15) is 0 Å². The number of carbonyl (C=O) groups excluding carboxylic acids is 1. The van der Waals surface area contributed by atoms with Crippen molar-refractivity contribution in [2.24, 2.45) is 5.92 Å². The molecule has 0 aromatic heterocycles. The molecule has 1 unspecified atom stereocenters. The number of urea groups is 1. The molecule has 0 radical (unpaired) electrons. The van der Waals surface area contributed by atoms with Crippen LogP contribution >= 0.6 is 0 Å². The molecule has 1 aliphatic heterocycles. The number of hydrogen-bond donors (Lipinski definition) is 2. The van der Waals surface area contributed by atoms with Crippen molar-refractivity contribution in [2.45, 2.75) is 19.9 Å². The zero-order chi connectivity index (χ0) is 6.85. The summed E-state index contributed by atoms with van der Waals surface area (Å²) in [7, 11) is 0. The van der Waals surface area contributed by atoms with Crippen molar-refractivity contribution >= 4 is 6.03 Å². The van der Waals surface area contributed by atoms with Gasteiger partial charge in [0.25, 0.3) is 0 Å². The lowest BCUT2D eigenvalue weighted by molar-refractivity contribution is 0.246. The van der Waals surface area contributed by atoms with E-state index in [0.717, 1.165) is 6.54 Å². The fourth-order valence-electron chi connectivity index (χ4n) is 0.875. The fraction of sp³-hybridized carbons (Fsp3) is 0.833. The molecule has 0 aromatic rings. The number of rotatable bonds is 1. The molecule has 52 valence electrons. The Morgan fingerprint density at radius 3 is 2.56 bits per heavy atom. The van der Waals surface area contributed by atoms with Gasteiger partial charge < -0.3 is 10.6 Å². The van der Waals surface area contributed by atoms with Crippen LogP contribution in [0.2, 0.25) is 0 Å². The van der Waals surface area contributed by atoms with Gasteiger partial charge in [0.1, 0.15) is 0 Å². The third kappa shape index (κ3) is 1.34. The lowest BCUT2D eigenvalue weighted by Gasteiger charge is -2.10. The van der Waals surface area contributed by atoms with Gasteiger partial charge in [0.2, 0.25) is 0 Å². The summed E-state index contributed by atoms with van der Waals surface area (Å²) < 4.78 is 0. The van der Waals surface area contributed by atoms with E-state index in [1.54, 1.807) is 0 Å². The Bertz CT molecular complexity index is 122. The highest BCUT2D eigenvalue weighted by molar-refractivity contribution is 5.76. The predicted octanol–water partition coefficient (Wildman–Crippen LogP) is 0.324. The van der Waals surface area contributed by atoms with Crippen molar-refractivity contribution in [3.8, 4) is 0 Å². The second-order valence-corrected chi connectivity index (χ2v) is 2.70. The van der Waals surface area contributed by atoms with E-state index in [1.807, 2.05) is 0 Å². The molecule has 1 saturated heterocycles. The fourth-order valence-corrected chi connectivity index (χ4v) is 0.875. The molecule has 1 aliphatic rings. The second-order valence-electron chi connectivity index (χ2n) is 2.70. The summed E-state index contributed by atoms with van der Waals surface area (Å²) in [5.41, 5.74) is 0. The van der Waals surface area contributed by atoms with Crippen LogP contribution in [0.4, 0.5) is 4.79 Å². The van der Waals surface area contributed by atoms with Crippen molar-refractivity contribution in [1.29, 1.82) is 0 Å². The molecule has 3 nitrogen and oxygen atoms in total. The van der Waals surface area contributed by atoms with Crippen LogP contribution in [-0.2, 0) is 0 Å². The van der Waals surface area contributed by atoms with Gasteiger partial charge in [0, 0.05) is 6.54 Å². The van der Waals surface area contributed by atoms with Crippen LogP contribution in [-0.4, -0.2) is 18.6 Å². The van der Waals surface area contributed by atoms with Crippen LogP contribution in [0.5, 0.6) is 0 Å². The van der Waals surface area contributed by atoms with Crippen LogP contribution < -0.4 is 10.6 Å². The Hall–Kier alpha value is -0.730. The summed E-state index contributed by atoms with van der Waals surface area (Å²) in [6.45, 7) is 4.96. The first-order valence-corrected chi connectivity index (χ1v) is 3.24. The van der Waals surface area contributed by atoms with Crippen molar-refractivity contribution in [3.05, 3.63) is 0 Å². The minimum Gasteiger partial charge on any atom is -0.336 e.